The van der Waals surface area contributed by atoms with Gasteiger partial charge in [0.25, 0.3) is 0 Å². The number of hydrogen-bond donors (Lipinski definition) is 2. The molecule has 0 aliphatic carbocycles. The highest BCUT2D eigenvalue weighted by atomic mass is 16.5. The van der Waals surface area contributed by atoms with E-state index in [4.69, 9.17) is 4.74 Å². The maximum atomic E-state index is 12.0. The lowest BCUT2D eigenvalue weighted by Gasteiger charge is -2.32. The molecule has 2 saturated heterocycles. The van der Waals surface area contributed by atoms with E-state index in [2.05, 4.69) is 29.4 Å². The van der Waals surface area contributed by atoms with E-state index in [0.29, 0.717) is 12.1 Å². The predicted octanol–water partition coefficient (Wildman–Crippen LogP) is 0.744. The SMILES string of the molecule is CC(C)OCCN1CCC(NC(=O)C2CCCN2)CC1. The second-order valence-corrected chi connectivity index (χ2v) is 6.19. The summed E-state index contributed by atoms with van der Waals surface area (Å²) in [6.45, 7) is 9.04. The van der Waals surface area contributed by atoms with Gasteiger partial charge in [-0.1, -0.05) is 0 Å². The summed E-state index contributed by atoms with van der Waals surface area (Å²) in [5.41, 5.74) is 0. The van der Waals surface area contributed by atoms with Crippen molar-refractivity contribution >= 4 is 5.91 Å². The Kier molecular flexibility index (Phi) is 6.26. The van der Waals surface area contributed by atoms with E-state index in [1.165, 1.54) is 0 Å². The summed E-state index contributed by atoms with van der Waals surface area (Å²) in [7, 11) is 0. The lowest BCUT2D eigenvalue weighted by Crippen LogP contribution is -2.49. The van der Waals surface area contributed by atoms with Crippen LogP contribution in [0.1, 0.15) is 39.5 Å². The summed E-state index contributed by atoms with van der Waals surface area (Å²) in [6.07, 6.45) is 4.52. The van der Waals surface area contributed by atoms with Gasteiger partial charge in [0, 0.05) is 25.7 Å². The summed E-state index contributed by atoms with van der Waals surface area (Å²) < 4.78 is 5.58. The first-order valence-electron chi connectivity index (χ1n) is 8.03. The molecule has 0 bridgehead atoms. The third kappa shape index (κ3) is 5.04. The molecule has 0 radical (unpaired) electrons. The third-order valence-corrected chi connectivity index (χ3v) is 4.17. The van der Waals surface area contributed by atoms with Crippen LogP contribution in [-0.4, -0.2) is 61.8 Å². The zero-order chi connectivity index (χ0) is 14.4. The Morgan fingerprint density at radius 1 is 1.35 bits per heavy atom. The van der Waals surface area contributed by atoms with Gasteiger partial charge in [0.15, 0.2) is 0 Å². The number of piperidine rings is 1. The van der Waals surface area contributed by atoms with E-state index in [1.807, 2.05) is 0 Å². The Labute approximate surface area is 122 Å². The molecule has 0 aromatic heterocycles. The van der Waals surface area contributed by atoms with Crippen molar-refractivity contribution in [3.05, 3.63) is 0 Å². The number of carbonyl (C=O) groups is 1. The maximum absolute atomic E-state index is 12.0. The quantitative estimate of drug-likeness (QED) is 0.755. The van der Waals surface area contributed by atoms with Gasteiger partial charge in [0.2, 0.25) is 5.91 Å². The maximum Gasteiger partial charge on any atom is 0.237 e. The second kappa shape index (κ2) is 7.96. The molecule has 5 nitrogen and oxygen atoms in total. The van der Waals surface area contributed by atoms with E-state index >= 15 is 0 Å². The number of rotatable bonds is 6. The van der Waals surface area contributed by atoms with Gasteiger partial charge in [0.05, 0.1) is 18.8 Å². The highest BCUT2D eigenvalue weighted by molar-refractivity contribution is 5.82. The summed E-state index contributed by atoms with van der Waals surface area (Å²) in [6, 6.07) is 0.402. The molecule has 1 unspecified atom stereocenters. The van der Waals surface area contributed by atoms with E-state index < -0.39 is 0 Å². The number of amides is 1. The highest BCUT2D eigenvalue weighted by Crippen LogP contribution is 2.12. The standard InChI is InChI=1S/C15H29N3O2/c1-12(2)20-11-10-18-8-5-13(6-9-18)17-15(19)14-4-3-7-16-14/h12-14,16H,3-11H2,1-2H3,(H,17,19). The van der Waals surface area contributed by atoms with Crippen LogP contribution in [0.25, 0.3) is 0 Å². The van der Waals surface area contributed by atoms with Gasteiger partial charge in [-0.2, -0.15) is 0 Å². The molecule has 116 valence electrons. The smallest absolute Gasteiger partial charge is 0.237 e. The number of nitrogens with zero attached hydrogens (tertiary/aromatic N) is 1. The second-order valence-electron chi connectivity index (χ2n) is 6.19. The minimum Gasteiger partial charge on any atom is -0.377 e. The lowest BCUT2D eigenvalue weighted by atomic mass is 10.0. The first-order valence-corrected chi connectivity index (χ1v) is 8.03. The number of nitrogens with one attached hydrogen (secondary N) is 2. The average molecular weight is 283 g/mol. The van der Waals surface area contributed by atoms with Crippen molar-refractivity contribution in [2.45, 2.75) is 57.7 Å². The zero-order valence-electron chi connectivity index (χ0n) is 12.9. The minimum atomic E-state index is 0.0486. The summed E-state index contributed by atoms with van der Waals surface area (Å²) >= 11 is 0. The fraction of sp³-hybridized carbons (Fsp3) is 0.933. The first kappa shape index (κ1) is 15.7. The van der Waals surface area contributed by atoms with Gasteiger partial charge in [-0.05, 0) is 46.1 Å². The Hall–Kier alpha value is -0.650. The molecule has 0 spiro atoms. The number of likely N-dealkylation sites (tertiary alicyclic amines) is 1. The molecule has 2 heterocycles. The van der Waals surface area contributed by atoms with Crippen LogP contribution in [0.4, 0.5) is 0 Å². The Balaban J connectivity index is 1.60. The minimum absolute atomic E-state index is 0.0486. The molecular weight excluding hydrogens is 254 g/mol. The van der Waals surface area contributed by atoms with Gasteiger partial charge in [-0.3, -0.25) is 4.79 Å². The summed E-state index contributed by atoms with van der Waals surface area (Å²) in [5.74, 6) is 0.198. The normalized spacial score (nSPS) is 25.2. The number of ether oxygens (including phenoxy) is 1. The molecule has 2 N–H and O–H groups in total. The van der Waals surface area contributed by atoms with Crippen LogP contribution < -0.4 is 10.6 Å². The van der Waals surface area contributed by atoms with Crippen LogP contribution in [-0.2, 0) is 9.53 Å². The number of hydrogen-bond acceptors (Lipinski definition) is 4. The van der Waals surface area contributed by atoms with Crippen LogP contribution in [0.15, 0.2) is 0 Å². The van der Waals surface area contributed by atoms with Gasteiger partial charge >= 0.3 is 0 Å². The fourth-order valence-corrected chi connectivity index (χ4v) is 2.93. The average Bonchev–Trinajstić information content (AvgIpc) is 2.94. The topological polar surface area (TPSA) is 53.6 Å². The van der Waals surface area contributed by atoms with Gasteiger partial charge < -0.3 is 20.3 Å². The van der Waals surface area contributed by atoms with Crippen molar-refractivity contribution < 1.29 is 9.53 Å². The van der Waals surface area contributed by atoms with Crippen LogP contribution in [0, 0.1) is 0 Å². The summed E-state index contributed by atoms with van der Waals surface area (Å²) in [4.78, 5) is 14.5. The molecule has 1 amide bonds. The molecule has 2 aliphatic rings. The monoisotopic (exact) mass is 283 g/mol. The molecule has 2 rings (SSSR count). The van der Waals surface area contributed by atoms with Crippen LogP contribution in [0.3, 0.4) is 0 Å². The predicted molar refractivity (Wildman–Crippen MR) is 79.7 cm³/mol. The van der Waals surface area contributed by atoms with Gasteiger partial charge in [-0.15, -0.1) is 0 Å². The first-order chi connectivity index (χ1) is 9.65. The molecule has 20 heavy (non-hydrogen) atoms. The van der Waals surface area contributed by atoms with Crippen molar-refractivity contribution in [1.29, 1.82) is 0 Å². The van der Waals surface area contributed by atoms with Crippen molar-refractivity contribution in [3.63, 3.8) is 0 Å². The van der Waals surface area contributed by atoms with Crippen LogP contribution >= 0.6 is 0 Å². The highest BCUT2D eigenvalue weighted by Gasteiger charge is 2.26. The molecule has 0 saturated carbocycles. The van der Waals surface area contributed by atoms with Gasteiger partial charge in [0.1, 0.15) is 0 Å². The van der Waals surface area contributed by atoms with Crippen molar-refractivity contribution in [2.75, 3.05) is 32.8 Å². The van der Waals surface area contributed by atoms with E-state index in [0.717, 1.165) is 58.5 Å². The molecule has 2 fully saturated rings. The molecule has 5 heteroatoms. The Morgan fingerprint density at radius 2 is 2.10 bits per heavy atom. The third-order valence-electron chi connectivity index (χ3n) is 4.17. The van der Waals surface area contributed by atoms with Crippen molar-refractivity contribution in [3.8, 4) is 0 Å². The molecule has 0 aromatic rings. The Morgan fingerprint density at radius 3 is 2.70 bits per heavy atom. The van der Waals surface area contributed by atoms with Crippen LogP contribution in [0.2, 0.25) is 0 Å². The molecule has 2 aliphatic heterocycles. The molecule has 1 atom stereocenters. The van der Waals surface area contributed by atoms with Gasteiger partial charge in [-0.25, -0.2) is 0 Å². The largest absolute Gasteiger partial charge is 0.377 e. The van der Waals surface area contributed by atoms with E-state index in [1.54, 1.807) is 0 Å². The van der Waals surface area contributed by atoms with E-state index in [-0.39, 0.29) is 11.9 Å². The van der Waals surface area contributed by atoms with Crippen LogP contribution in [0.5, 0.6) is 0 Å². The number of carbonyl (C=O) groups excluding carboxylic acids is 1. The van der Waals surface area contributed by atoms with E-state index in [9.17, 15) is 4.79 Å². The lowest BCUT2D eigenvalue weighted by molar-refractivity contribution is -0.123. The van der Waals surface area contributed by atoms with Crippen molar-refractivity contribution in [1.82, 2.24) is 15.5 Å². The zero-order valence-corrected chi connectivity index (χ0v) is 12.9. The molecular formula is C15H29N3O2. The van der Waals surface area contributed by atoms with Crippen molar-refractivity contribution in [2.24, 2.45) is 0 Å². The summed E-state index contributed by atoms with van der Waals surface area (Å²) in [5, 5.41) is 6.45. The fourth-order valence-electron chi connectivity index (χ4n) is 2.93. The Bertz CT molecular complexity index is 295. The molecule has 0 aromatic carbocycles.